The zero-order chi connectivity index (χ0) is 19.8. The third kappa shape index (κ3) is 4.69. The summed E-state index contributed by atoms with van der Waals surface area (Å²) < 4.78 is 16.4. The van der Waals surface area contributed by atoms with Gasteiger partial charge in [0.15, 0.2) is 0 Å². The number of nitrogens with two attached hydrogens (primary N) is 1. The molecule has 144 valence electrons. The Morgan fingerprint density at radius 2 is 2.07 bits per heavy atom. The number of rotatable bonds is 8. The molecule has 6 nitrogen and oxygen atoms in total. The van der Waals surface area contributed by atoms with Gasteiger partial charge in [-0.1, -0.05) is 37.6 Å². The van der Waals surface area contributed by atoms with E-state index in [0.29, 0.717) is 24.5 Å². The second kappa shape index (κ2) is 9.79. The third-order valence-electron chi connectivity index (χ3n) is 4.37. The number of nitriles is 1. The number of nitrogens with zero attached hydrogens (tertiary/aromatic N) is 1. The smallest absolute Gasteiger partial charge is 0.338 e. The van der Waals surface area contributed by atoms with Crippen LogP contribution in [-0.4, -0.2) is 19.2 Å². The van der Waals surface area contributed by atoms with Gasteiger partial charge in [0, 0.05) is 6.61 Å². The molecule has 0 aromatic heterocycles. The molecule has 1 aromatic carbocycles. The average molecular weight is 370 g/mol. The van der Waals surface area contributed by atoms with Gasteiger partial charge in [-0.3, -0.25) is 0 Å². The summed E-state index contributed by atoms with van der Waals surface area (Å²) in [5.41, 5.74) is 8.13. The molecule has 6 heteroatoms. The minimum Gasteiger partial charge on any atom is -0.463 e. The summed E-state index contributed by atoms with van der Waals surface area (Å²) in [6.45, 7) is 6.76. The van der Waals surface area contributed by atoms with Crippen molar-refractivity contribution in [2.24, 2.45) is 5.73 Å². The van der Waals surface area contributed by atoms with Crippen molar-refractivity contribution in [2.75, 3.05) is 13.2 Å². The Morgan fingerprint density at radius 1 is 1.33 bits per heavy atom. The van der Waals surface area contributed by atoms with E-state index in [1.54, 1.807) is 13.8 Å². The summed E-state index contributed by atoms with van der Waals surface area (Å²) in [7, 11) is 0. The molecule has 0 spiro atoms. The standard InChI is InChI=1S/C21H26N2O4/c1-4-6-11-25-13-15-9-7-8-10-16(15)19-17(12-22)20(23)27-14(3)18(19)21(24)26-5-2/h7-10,19H,4-6,11,13,23H2,1-3H3. The highest BCUT2D eigenvalue weighted by Gasteiger charge is 2.37. The molecule has 1 atom stereocenters. The molecule has 0 bridgehead atoms. The SMILES string of the molecule is CCCCOCc1ccccc1C1C(C#N)=C(N)OC(C)=C1C(=O)OCC. The van der Waals surface area contributed by atoms with E-state index in [-0.39, 0.29) is 18.1 Å². The van der Waals surface area contributed by atoms with Crippen LogP contribution in [0, 0.1) is 11.3 Å². The van der Waals surface area contributed by atoms with Crippen molar-refractivity contribution in [1.82, 2.24) is 0 Å². The minimum atomic E-state index is -0.645. The molecule has 0 fully saturated rings. The van der Waals surface area contributed by atoms with E-state index in [4.69, 9.17) is 19.9 Å². The molecule has 1 unspecified atom stereocenters. The van der Waals surface area contributed by atoms with Crippen LogP contribution < -0.4 is 5.73 Å². The lowest BCUT2D eigenvalue weighted by Gasteiger charge is -2.28. The van der Waals surface area contributed by atoms with Crippen LogP contribution in [0.25, 0.3) is 0 Å². The first-order valence-corrected chi connectivity index (χ1v) is 9.16. The lowest BCUT2D eigenvalue weighted by atomic mass is 9.81. The van der Waals surface area contributed by atoms with E-state index in [2.05, 4.69) is 13.0 Å². The second-order valence-electron chi connectivity index (χ2n) is 6.22. The van der Waals surface area contributed by atoms with E-state index >= 15 is 0 Å². The Hall–Kier alpha value is -2.78. The van der Waals surface area contributed by atoms with E-state index < -0.39 is 11.9 Å². The van der Waals surface area contributed by atoms with Crippen LogP contribution in [0.1, 0.15) is 50.7 Å². The molecular formula is C21H26N2O4. The van der Waals surface area contributed by atoms with E-state index in [1.165, 1.54) is 0 Å². The van der Waals surface area contributed by atoms with E-state index in [9.17, 15) is 10.1 Å². The first-order chi connectivity index (χ1) is 13.0. The minimum absolute atomic E-state index is 0.00903. The second-order valence-corrected chi connectivity index (χ2v) is 6.22. The van der Waals surface area contributed by atoms with Gasteiger partial charge < -0.3 is 19.9 Å². The quantitative estimate of drug-likeness (QED) is 0.554. The van der Waals surface area contributed by atoms with Gasteiger partial charge >= 0.3 is 5.97 Å². The summed E-state index contributed by atoms with van der Waals surface area (Å²) in [5, 5.41) is 9.67. The maximum atomic E-state index is 12.6. The molecule has 27 heavy (non-hydrogen) atoms. The molecule has 2 rings (SSSR count). The number of carbonyl (C=O) groups is 1. The number of hydrogen-bond acceptors (Lipinski definition) is 6. The lowest BCUT2D eigenvalue weighted by molar-refractivity contribution is -0.139. The van der Waals surface area contributed by atoms with Crippen molar-refractivity contribution in [1.29, 1.82) is 5.26 Å². The number of esters is 1. The van der Waals surface area contributed by atoms with Crippen LogP contribution >= 0.6 is 0 Å². The first kappa shape index (κ1) is 20.5. The summed E-state index contributed by atoms with van der Waals surface area (Å²) in [6, 6.07) is 9.68. The lowest BCUT2D eigenvalue weighted by Crippen LogP contribution is -2.26. The molecule has 1 aliphatic rings. The predicted octanol–water partition coefficient (Wildman–Crippen LogP) is 3.65. The molecule has 1 aromatic rings. The summed E-state index contributed by atoms with van der Waals surface area (Å²) in [5.74, 6) is -0.804. The van der Waals surface area contributed by atoms with Crippen molar-refractivity contribution in [3.05, 3.63) is 58.2 Å². The first-order valence-electron chi connectivity index (χ1n) is 9.16. The molecule has 2 N–H and O–H groups in total. The maximum absolute atomic E-state index is 12.6. The van der Waals surface area contributed by atoms with Crippen LogP contribution in [0.15, 0.2) is 47.1 Å². The zero-order valence-electron chi connectivity index (χ0n) is 16.1. The number of allylic oxidation sites excluding steroid dienone is 2. The van der Waals surface area contributed by atoms with Gasteiger partial charge in [0.25, 0.3) is 0 Å². The maximum Gasteiger partial charge on any atom is 0.338 e. The largest absolute Gasteiger partial charge is 0.463 e. The van der Waals surface area contributed by atoms with Gasteiger partial charge in [-0.05, 0) is 31.4 Å². The summed E-state index contributed by atoms with van der Waals surface area (Å²) >= 11 is 0. The van der Waals surface area contributed by atoms with Gasteiger partial charge in [-0.25, -0.2) is 4.79 Å². The van der Waals surface area contributed by atoms with E-state index in [1.807, 2.05) is 24.3 Å². The molecular weight excluding hydrogens is 344 g/mol. The van der Waals surface area contributed by atoms with Crippen LogP contribution in [0.5, 0.6) is 0 Å². The molecule has 0 saturated carbocycles. The Labute approximate surface area is 160 Å². The van der Waals surface area contributed by atoms with Crippen LogP contribution in [-0.2, 0) is 25.6 Å². The third-order valence-corrected chi connectivity index (χ3v) is 4.37. The molecule has 1 heterocycles. The van der Waals surface area contributed by atoms with Crippen molar-refractivity contribution >= 4 is 5.97 Å². The van der Waals surface area contributed by atoms with Crippen molar-refractivity contribution in [2.45, 2.75) is 46.1 Å². The molecule has 0 aliphatic carbocycles. The molecule has 0 radical (unpaired) electrons. The van der Waals surface area contributed by atoms with Crippen LogP contribution in [0.2, 0.25) is 0 Å². The van der Waals surface area contributed by atoms with Gasteiger partial charge in [0.1, 0.15) is 17.4 Å². The number of carbonyl (C=O) groups excluding carboxylic acids is 1. The summed E-state index contributed by atoms with van der Waals surface area (Å²) in [6.07, 6.45) is 2.03. The monoisotopic (exact) mass is 370 g/mol. The normalized spacial score (nSPS) is 16.7. The predicted molar refractivity (Wildman–Crippen MR) is 101 cm³/mol. The highest BCUT2D eigenvalue weighted by molar-refractivity contribution is 5.92. The Morgan fingerprint density at radius 3 is 2.74 bits per heavy atom. The highest BCUT2D eigenvalue weighted by Crippen LogP contribution is 2.40. The number of hydrogen-bond donors (Lipinski definition) is 1. The number of unbranched alkanes of at least 4 members (excludes halogenated alkanes) is 1. The fourth-order valence-electron chi connectivity index (χ4n) is 3.04. The topological polar surface area (TPSA) is 94.6 Å². The van der Waals surface area contributed by atoms with Gasteiger partial charge in [-0.2, -0.15) is 5.26 Å². The number of ether oxygens (including phenoxy) is 3. The van der Waals surface area contributed by atoms with Gasteiger partial charge in [-0.15, -0.1) is 0 Å². The van der Waals surface area contributed by atoms with E-state index in [0.717, 1.165) is 24.0 Å². The zero-order valence-corrected chi connectivity index (χ0v) is 16.1. The fourth-order valence-corrected chi connectivity index (χ4v) is 3.04. The average Bonchev–Trinajstić information content (AvgIpc) is 2.65. The van der Waals surface area contributed by atoms with Crippen molar-refractivity contribution in [3.8, 4) is 6.07 Å². The highest BCUT2D eigenvalue weighted by atomic mass is 16.5. The van der Waals surface area contributed by atoms with Crippen molar-refractivity contribution < 1.29 is 19.0 Å². The molecule has 1 aliphatic heterocycles. The fraction of sp³-hybridized carbons (Fsp3) is 0.429. The van der Waals surface area contributed by atoms with Crippen LogP contribution in [0.3, 0.4) is 0 Å². The Kier molecular flexibility index (Phi) is 7.44. The molecule has 0 amide bonds. The van der Waals surface area contributed by atoms with Gasteiger partial charge in [0.05, 0.1) is 24.7 Å². The number of benzene rings is 1. The van der Waals surface area contributed by atoms with Gasteiger partial charge in [0.2, 0.25) is 5.88 Å². The van der Waals surface area contributed by atoms with Crippen LogP contribution in [0.4, 0.5) is 0 Å². The Balaban J connectivity index is 2.49. The summed E-state index contributed by atoms with van der Waals surface area (Å²) in [4.78, 5) is 12.6. The Bertz CT molecular complexity index is 790. The van der Waals surface area contributed by atoms with Crippen molar-refractivity contribution in [3.63, 3.8) is 0 Å². The molecule has 0 saturated heterocycles.